The van der Waals surface area contributed by atoms with Crippen LogP contribution in [0.15, 0.2) is 36.4 Å². The van der Waals surface area contributed by atoms with Gasteiger partial charge in [0.2, 0.25) is 0 Å². The van der Waals surface area contributed by atoms with E-state index in [0.29, 0.717) is 0 Å². The van der Waals surface area contributed by atoms with Gasteiger partial charge < -0.3 is 25.5 Å². The first-order valence-electron chi connectivity index (χ1n) is 6.57. The van der Waals surface area contributed by atoms with Crippen molar-refractivity contribution in [3.8, 4) is 11.5 Å². The van der Waals surface area contributed by atoms with E-state index in [9.17, 15) is 29.7 Å². The summed E-state index contributed by atoms with van der Waals surface area (Å²) in [5, 5.41) is 47.1. The molecule has 2 rings (SSSR count). The van der Waals surface area contributed by atoms with Crippen LogP contribution in [0.5, 0.6) is 11.5 Å². The molecule has 0 saturated heterocycles. The average molecular weight is 332 g/mol. The van der Waals surface area contributed by atoms with E-state index < -0.39 is 35.3 Å². The second-order valence-corrected chi connectivity index (χ2v) is 4.93. The van der Waals surface area contributed by atoms with Crippen LogP contribution < -0.4 is 0 Å². The predicted octanol–water partition coefficient (Wildman–Crippen LogP) is 1.71. The SMILES string of the molecule is O=C(O)c1ccc(C(C(=O)O)c2ccc(C(=O)O)cc2O)c(O)c1. The molecule has 0 aliphatic heterocycles. The molecule has 2 aromatic carbocycles. The lowest BCUT2D eigenvalue weighted by Crippen LogP contribution is -2.14. The molecule has 0 spiro atoms. The van der Waals surface area contributed by atoms with Gasteiger partial charge in [0.15, 0.2) is 0 Å². The maximum atomic E-state index is 11.6. The summed E-state index contributed by atoms with van der Waals surface area (Å²) < 4.78 is 0. The van der Waals surface area contributed by atoms with Gasteiger partial charge in [-0.05, 0) is 24.3 Å². The molecule has 0 heterocycles. The Hall–Kier alpha value is -3.55. The molecule has 0 fully saturated rings. The van der Waals surface area contributed by atoms with E-state index in [0.717, 1.165) is 36.4 Å². The van der Waals surface area contributed by atoms with Crippen LogP contribution in [0.2, 0.25) is 0 Å². The highest BCUT2D eigenvalue weighted by Gasteiger charge is 2.28. The van der Waals surface area contributed by atoms with Gasteiger partial charge in [0.25, 0.3) is 0 Å². The van der Waals surface area contributed by atoms with Gasteiger partial charge >= 0.3 is 17.9 Å². The maximum Gasteiger partial charge on any atom is 0.335 e. The molecule has 5 N–H and O–H groups in total. The predicted molar refractivity (Wildman–Crippen MR) is 79.6 cm³/mol. The fourth-order valence-electron chi connectivity index (χ4n) is 2.28. The Bertz CT molecular complexity index is 776. The Labute approximate surface area is 134 Å². The number of aliphatic carboxylic acids is 1. The Morgan fingerprint density at radius 1 is 0.708 bits per heavy atom. The molecular weight excluding hydrogens is 320 g/mol. The number of aromatic hydroxyl groups is 2. The molecule has 0 atom stereocenters. The summed E-state index contributed by atoms with van der Waals surface area (Å²) in [6, 6.07) is 6.29. The second kappa shape index (κ2) is 6.29. The molecule has 8 heteroatoms. The van der Waals surface area contributed by atoms with E-state index in [1.54, 1.807) is 0 Å². The minimum absolute atomic E-state index is 0.133. The first-order chi connectivity index (χ1) is 11.2. The van der Waals surface area contributed by atoms with Gasteiger partial charge in [-0.2, -0.15) is 0 Å². The molecule has 124 valence electrons. The summed E-state index contributed by atoms with van der Waals surface area (Å²) in [5.74, 6) is -6.63. The lowest BCUT2D eigenvalue weighted by molar-refractivity contribution is -0.137. The average Bonchev–Trinajstić information content (AvgIpc) is 2.49. The molecule has 0 saturated carbocycles. The van der Waals surface area contributed by atoms with E-state index in [1.807, 2.05) is 0 Å². The third-order valence-electron chi connectivity index (χ3n) is 3.42. The number of hydrogen-bond donors (Lipinski definition) is 5. The van der Waals surface area contributed by atoms with Crippen molar-refractivity contribution in [2.45, 2.75) is 5.92 Å². The van der Waals surface area contributed by atoms with Crippen molar-refractivity contribution in [1.29, 1.82) is 0 Å². The Kier molecular flexibility index (Phi) is 4.41. The zero-order chi connectivity index (χ0) is 18.0. The molecule has 0 amide bonds. The Morgan fingerprint density at radius 3 is 1.33 bits per heavy atom. The van der Waals surface area contributed by atoms with Crippen molar-refractivity contribution in [2.75, 3.05) is 0 Å². The molecule has 0 aliphatic rings. The van der Waals surface area contributed by atoms with Gasteiger partial charge in [-0.1, -0.05) is 12.1 Å². The lowest BCUT2D eigenvalue weighted by atomic mass is 9.89. The largest absolute Gasteiger partial charge is 0.508 e. The minimum atomic E-state index is -1.50. The Balaban J connectivity index is 2.57. The van der Waals surface area contributed by atoms with Gasteiger partial charge in [0.1, 0.15) is 17.4 Å². The monoisotopic (exact) mass is 332 g/mol. The number of phenolic OH excluding ortho intramolecular Hbond substituents is 2. The van der Waals surface area contributed by atoms with Crippen LogP contribution in [-0.4, -0.2) is 43.4 Å². The highest BCUT2D eigenvalue weighted by Crippen LogP contribution is 2.36. The highest BCUT2D eigenvalue weighted by atomic mass is 16.4. The summed E-state index contributed by atoms with van der Waals surface area (Å²) in [4.78, 5) is 33.3. The fraction of sp³-hybridized carbons (Fsp3) is 0.0625. The molecular formula is C16H12O8. The summed E-state index contributed by atoms with van der Waals surface area (Å²) in [6.45, 7) is 0. The molecule has 0 bridgehead atoms. The summed E-state index contributed by atoms with van der Waals surface area (Å²) >= 11 is 0. The number of carboxylic acid groups (broad SMARTS) is 3. The van der Waals surface area contributed by atoms with Crippen LogP contribution in [-0.2, 0) is 4.79 Å². The molecule has 24 heavy (non-hydrogen) atoms. The van der Waals surface area contributed by atoms with Crippen LogP contribution in [0.1, 0.15) is 37.8 Å². The zero-order valence-electron chi connectivity index (χ0n) is 12.0. The van der Waals surface area contributed by atoms with E-state index in [4.69, 9.17) is 10.2 Å². The molecule has 2 aromatic rings. The van der Waals surface area contributed by atoms with Crippen molar-refractivity contribution in [2.24, 2.45) is 0 Å². The molecule has 0 aliphatic carbocycles. The van der Waals surface area contributed by atoms with Gasteiger partial charge in [-0.15, -0.1) is 0 Å². The number of phenols is 2. The number of rotatable bonds is 5. The molecule has 8 nitrogen and oxygen atoms in total. The van der Waals surface area contributed by atoms with Gasteiger partial charge in [0, 0.05) is 11.1 Å². The van der Waals surface area contributed by atoms with Gasteiger partial charge in [-0.25, -0.2) is 9.59 Å². The Morgan fingerprint density at radius 2 is 1.08 bits per heavy atom. The third kappa shape index (κ3) is 3.12. The number of benzene rings is 2. The van der Waals surface area contributed by atoms with E-state index in [2.05, 4.69) is 0 Å². The highest BCUT2D eigenvalue weighted by molar-refractivity contribution is 5.90. The normalized spacial score (nSPS) is 10.5. The first kappa shape index (κ1) is 16.8. The van der Waals surface area contributed by atoms with E-state index in [-0.39, 0.29) is 22.3 Å². The van der Waals surface area contributed by atoms with Crippen molar-refractivity contribution in [3.63, 3.8) is 0 Å². The number of carbonyl (C=O) groups is 3. The lowest BCUT2D eigenvalue weighted by Gasteiger charge is -2.16. The van der Waals surface area contributed by atoms with Crippen molar-refractivity contribution < 1.29 is 39.9 Å². The smallest absolute Gasteiger partial charge is 0.335 e. The molecule has 0 radical (unpaired) electrons. The molecule has 0 unspecified atom stereocenters. The standard InChI is InChI=1S/C16H12O8/c17-11-5-7(14(19)20)1-3-9(11)13(16(23)24)10-4-2-8(15(21)22)6-12(10)18/h1-6,13,17-18H,(H,19,20)(H,21,22)(H,23,24). The zero-order valence-corrected chi connectivity index (χ0v) is 12.0. The summed E-state index contributed by atoms with van der Waals surface area (Å²) in [5.41, 5.74) is -0.728. The summed E-state index contributed by atoms with van der Waals surface area (Å²) in [7, 11) is 0. The quantitative estimate of drug-likeness (QED) is 0.554. The van der Waals surface area contributed by atoms with Crippen molar-refractivity contribution >= 4 is 17.9 Å². The van der Waals surface area contributed by atoms with E-state index in [1.165, 1.54) is 0 Å². The van der Waals surface area contributed by atoms with Crippen molar-refractivity contribution in [3.05, 3.63) is 58.7 Å². The number of aromatic carboxylic acids is 2. The molecule has 0 aromatic heterocycles. The second-order valence-electron chi connectivity index (χ2n) is 4.93. The fourth-order valence-corrected chi connectivity index (χ4v) is 2.28. The van der Waals surface area contributed by atoms with Gasteiger partial charge in [-0.3, -0.25) is 4.79 Å². The van der Waals surface area contributed by atoms with Crippen LogP contribution >= 0.6 is 0 Å². The number of carboxylic acids is 3. The van der Waals surface area contributed by atoms with Crippen LogP contribution in [0, 0.1) is 0 Å². The minimum Gasteiger partial charge on any atom is -0.508 e. The first-order valence-corrected chi connectivity index (χ1v) is 6.57. The third-order valence-corrected chi connectivity index (χ3v) is 3.42. The van der Waals surface area contributed by atoms with E-state index >= 15 is 0 Å². The van der Waals surface area contributed by atoms with Crippen LogP contribution in [0.25, 0.3) is 0 Å². The van der Waals surface area contributed by atoms with Crippen LogP contribution in [0.4, 0.5) is 0 Å². The van der Waals surface area contributed by atoms with Crippen molar-refractivity contribution in [1.82, 2.24) is 0 Å². The van der Waals surface area contributed by atoms with Crippen LogP contribution in [0.3, 0.4) is 0 Å². The van der Waals surface area contributed by atoms with Gasteiger partial charge in [0.05, 0.1) is 11.1 Å². The maximum absolute atomic E-state index is 11.6. The topological polar surface area (TPSA) is 152 Å². The summed E-state index contributed by atoms with van der Waals surface area (Å²) in [6.07, 6.45) is 0. The number of hydrogen-bond acceptors (Lipinski definition) is 5.